The van der Waals surface area contributed by atoms with Crippen molar-refractivity contribution in [1.29, 1.82) is 0 Å². The van der Waals surface area contributed by atoms with Crippen molar-refractivity contribution in [1.82, 2.24) is 0 Å². The predicted octanol–water partition coefficient (Wildman–Crippen LogP) is 3.57. The van der Waals surface area contributed by atoms with Crippen molar-refractivity contribution in [2.45, 2.75) is 11.1 Å². The third-order valence-electron chi connectivity index (χ3n) is 1.49. The lowest BCUT2D eigenvalue weighted by Crippen LogP contribution is -2.08. The molecule has 0 N–H and O–H groups in total. The molecule has 0 spiro atoms. The lowest BCUT2D eigenvalue weighted by Gasteiger charge is -2.09. The maximum absolute atomic E-state index is 13.0. The van der Waals surface area contributed by atoms with Crippen molar-refractivity contribution in [3.63, 3.8) is 0 Å². The lowest BCUT2D eigenvalue weighted by atomic mass is 10.2. The average Bonchev–Trinajstić information content (AvgIpc) is 2.02. The van der Waals surface area contributed by atoms with E-state index in [2.05, 4.69) is 0 Å². The number of thioether (sulfide) groups is 1. The van der Waals surface area contributed by atoms with Gasteiger partial charge in [0.25, 0.3) is 0 Å². The van der Waals surface area contributed by atoms with E-state index in [1.165, 1.54) is 18.4 Å². The molecule has 0 nitrogen and oxygen atoms in total. The Hall–Kier alpha value is -0.710. The second kappa shape index (κ2) is 3.57. The minimum atomic E-state index is -4.62. The summed E-state index contributed by atoms with van der Waals surface area (Å²) in [5, 5.41) is 0. The molecule has 0 bridgehead atoms. The molecule has 13 heavy (non-hydrogen) atoms. The quantitative estimate of drug-likeness (QED) is 0.504. The number of hydrogen-bond donors (Lipinski definition) is 0. The molecule has 0 unspecified atom stereocenters. The average molecular weight is 210 g/mol. The van der Waals surface area contributed by atoms with Crippen molar-refractivity contribution < 1.29 is 17.6 Å². The van der Waals surface area contributed by atoms with Crippen LogP contribution in [0.15, 0.2) is 23.1 Å². The molecule has 72 valence electrons. The highest BCUT2D eigenvalue weighted by molar-refractivity contribution is 7.98. The van der Waals surface area contributed by atoms with E-state index in [1.54, 1.807) is 0 Å². The summed E-state index contributed by atoms with van der Waals surface area (Å²) in [7, 11) is 0. The Balaban J connectivity index is 3.24. The van der Waals surface area contributed by atoms with Crippen LogP contribution in [-0.4, -0.2) is 6.26 Å². The maximum Gasteiger partial charge on any atom is 0.419 e. The van der Waals surface area contributed by atoms with Gasteiger partial charge in [0, 0.05) is 4.90 Å². The van der Waals surface area contributed by atoms with Crippen molar-refractivity contribution in [3.05, 3.63) is 29.6 Å². The van der Waals surface area contributed by atoms with E-state index in [4.69, 9.17) is 0 Å². The van der Waals surface area contributed by atoms with Gasteiger partial charge < -0.3 is 0 Å². The first-order valence-electron chi connectivity index (χ1n) is 3.36. The van der Waals surface area contributed by atoms with Gasteiger partial charge in [0.1, 0.15) is 5.82 Å². The summed E-state index contributed by atoms with van der Waals surface area (Å²) in [4.78, 5) is 0.00910. The predicted molar refractivity (Wildman–Crippen MR) is 43.2 cm³/mol. The fraction of sp³-hybridized carbons (Fsp3) is 0.250. The Labute approximate surface area is 76.9 Å². The summed E-state index contributed by atoms with van der Waals surface area (Å²) in [5.41, 5.74) is -1.21. The Kier molecular flexibility index (Phi) is 2.85. The molecule has 0 aliphatic carbocycles. The second-order valence-electron chi connectivity index (χ2n) is 2.32. The lowest BCUT2D eigenvalue weighted by molar-refractivity contribution is -0.140. The van der Waals surface area contributed by atoms with Crippen LogP contribution in [0.4, 0.5) is 17.6 Å². The van der Waals surface area contributed by atoms with Gasteiger partial charge in [-0.05, 0) is 18.4 Å². The highest BCUT2D eigenvalue weighted by Gasteiger charge is 2.34. The SMILES string of the molecule is CSc1cccc(C(F)(F)F)c1F. The molecule has 1 aromatic carbocycles. The fourth-order valence-corrected chi connectivity index (χ4v) is 1.39. The number of rotatable bonds is 1. The van der Waals surface area contributed by atoms with Gasteiger partial charge in [-0.3, -0.25) is 0 Å². The molecule has 0 aliphatic rings. The van der Waals surface area contributed by atoms with Gasteiger partial charge in [-0.1, -0.05) is 6.07 Å². The third-order valence-corrected chi connectivity index (χ3v) is 2.24. The highest BCUT2D eigenvalue weighted by Crippen LogP contribution is 2.34. The largest absolute Gasteiger partial charge is 0.419 e. The molecule has 0 aliphatic heterocycles. The fourth-order valence-electron chi connectivity index (χ4n) is 0.887. The smallest absolute Gasteiger partial charge is 0.205 e. The van der Waals surface area contributed by atoms with E-state index < -0.39 is 17.6 Å². The van der Waals surface area contributed by atoms with Gasteiger partial charge in [0.2, 0.25) is 0 Å². The second-order valence-corrected chi connectivity index (χ2v) is 3.17. The van der Waals surface area contributed by atoms with Crippen molar-refractivity contribution in [3.8, 4) is 0 Å². The van der Waals surface area contributed by atoms with Gasteiger partial charge in [-0.25, -0.2) is 4.39 Å². The van der Waals surface area contributed by atoms with Crippen LogP contribution >= 0.6 is 11.8 Å². The van der Waals surface area contributed by atoms with Crippen LogP contribution in [0.1, 0.15) is 5.56 Å². The zero-order valence-corrected chi connectivity index (χ0v) is 7.47. The molecule has 0 radical (unpaired) electrons. The van der Waals surface area contributed by atoms with Crippen molar-refractivity contribution in [2.24, 2.45) is 0 Å². The van der Waals surface area contributed by atoms with E-state index in [-0.39, 0.29) is 4.90 Å². The van der Waals surface area contributed by atoms with Crippen LogP contribution in [0.2, 0.25) is 0 Å². The molecule has 0 saturated heterocycles. The number of benzene rings is 1. The van der Waals surface area contributed by atoms with Crippen LogP contribution in [0, 0.1) is 5.82 Å². The van der Waals surface area contributed by atoms with Crippen LogP contribution < -0.4 is 0 Å². The maximum atomic E-state index is 13.0. The zero-order chi connectivity index (χ0) is 10.1. The molecule has 1 rings (SSSR count). The monoisotopic (exact) mass is 210 g/mol. The Morgan fingerprint density at radius 3 is 2.31 bits per heavy atom. The first kappa shape index (κ1) is 10.4. The van der Waals surface area contributed by atoms with Gasteiger partial charge in [-0.2, -0.15) is 13.2 Å². The van der Waals surface area contributed by atoms with Crippen LogP contribution in [0.5, 0.6) is 0 Å². The normalized spacial score (nSPS) is 11.8. The van der Waals surface area contributed by atoms with Gasteiger partial charge in [0.05, 0.1) is 5.56 Å². The van der Waals surface area contributed by atoms with E-state index in [0.29, 0.717) is 0 Å². The minimum Gasteiger partial charge on any atom is -0.205 e. The first-order chi connectivity index (χ1) is 5.96. The Bertz CT molecular complexity index is 306. The van der Waals surface area contributed by atoms with Gasteiger partial charge in [-0.15, -0.1) is 11.8 Å². The zero-order valence-electron chi connectivity index (χ0n) is 6.65. The third kappa shape index (κ3) is 2.15. The van der Waals surface area contributed by atoms with Crippen molar-refractivity contribution in [2.75, 3.05) is 6.26 Å². The summed E-state index contributed by atoms with van der Waals surface area (Å²) < 4.78 is 49.4. The van der Waals surface area contributed by atoms with E-state index >= 15 is 0 Å². The molecule has 0 fully saturated rings. The van der Waals surface area contributed by atoms with Crippen molar-refractivity contribution >= 4 is 11.8 Å². The number of alkyl halides is 3. The molecule has 1 aromatic rings. The molecule has 0 saturated carbocycles. The summed E-state index contributed by atoms with van der Waals surface area (Å²) >= 11 is 0.951. The van der Waals surface area contributed by atoms with E-state index in [9.17, 15) is 17.6 Å². The van der Waals surface area contributed by atoms with Crippen LogP contribution in [-0.2, 0) is 6.18 Å². The molecule has 0 heterocycles. The molecular formula is C8H6F4S. The summed E-state index contributed by atoms with van der Waals surface area (Å²) in [6.45, 7) is 0. The standard InChI is InChI=1S/C8H6F4S/c1-13-6-4-2-3-5(7(6)9)8(10,11)12/h2-4H,1H3. The highest BCUT2D eigenvalue weighted by atomic mass is 32.2. The Morgan fingerprint density at radius 1 is 1.23 bits per heavy atom. The van der Waals surface area contributed by atoms with Crippen LogP contribution in [0.25, 0.3) is 0 Å². The molecule has 0 atom stereocenters. The minimum absolute atomic E-state index is 0.00910. The molecule has 0 amide bonds. The van der Waals surface area contributed by atoms with E-state index in [1.807, 2.05) is 0 Å². The van der Waals surface area contributed by atoms with Gasteiger partial charge in [0.15, 0.2) is 0 Å². The van der Waals surface area contributed by atoms with Gasteiger partial charge >= 0.3 is 6.18 Å². The molecule has 5 heteroatoms. The Morgan fingerprint density at radius 2 is 1.85 bits per heavy atom. The summed E-state index contributed by atoms with van der Waals surface area (Å²) in [5.74, 6) is -1.19. The number of hydrogen-bond acceptors (Lipinski definition) is 1. The number of halogens is 4. The topological polar surface area (TPSA) is 0 Å². The van der Waals surface area contributed by atoms with Crippen LogP contribution in [0.3, 0.4) is 0 Å². The summed E-state index contributed by atoms with van der Waals surface area (Å²) in [6.07, 6.45) is -3.09. The van der Waals surface area contributed by atoms with E-state index in [0.717, 1.165) is 17.8 Å². The molecule has 0 aromatic heterocycles. The molecular weight excluding hydrogens is 204 g/mol. The first-order valence-corrected chi connectivity index (χ1v) is 4.59. The summed E-state index contributed by atoms with van der Waals surface area (Å²) in [6, 6.07) is 3.24.